The number of hydrogen-bond donors (Lipinski definition) is 1. The summed E-state index contributed by atoms with van der Waals surface area (Å²) < 4.78 is 5.37. The van der Waals surface area contributed by atoms with Crippen molar-refractivity contribution in [1.29, 1.82) is 5.26 Å². The van der Waals surface area contributed by atoms with Crippen LogP contribution < -0.4 is 5.32 Å². The van der Waals surface area contributed by atoms with Crippen LogP contribution in [-0.2, 0) is 4.74 Å². The zero-order valence-corrected chi connectivity index (χ0v) is 11.8. The fraction of sp³-hybridized carbons (Fsp3) is 0.200. The molecule has 1 aromatic heterocycles. The molecular weight excluding hydrogens is 272 g/mol. The number of nitrogens with one attached hydrogen (secondary N) is 1. The van der Waals surface area contributed by atoms with Crippen molar-refractivity contribution >= 4 is 17.2 Å². The number of rotatable bonds is 5. The quantitative estimate of drug-likeness (QED) is 0.919. The van der Waals surface area contributed by atoms with Crippen molar-refractivity contribution in [3.63, 3.8) is 0 Å². The van der Waals surface area contributed by atoms with Gasteiger partial charge in [-0.1, -0.05) is 0 Å². The fourth-order valence-corrected chi connectivity index (χ4v) is 2.48. The highest BCUT2D eigenvalue weighted by Crippen LogP contribution is 2.18. The van der Waals surface area contributed by atoms with Gasteiger partial charge in [-0.25, -0.2) is 0 Å². The van der Waals surface area contributed by atoms with Gasteiger partial charge in [0.25, 0.3) is 5.91 Å². The van der Waals surface area contributed by atoms with Gasteiger partial charge < -0.3 is 10.1 Å². The number of carbonyl (C=O) groups excluding carboxylic acids is 1. The highest BCUT2D eigenvalue weighted by atomic mass is 32.1. The van der Waals surface area contributed by atoms with Gasteiger partial charge in [0.15, 0.2) is 0 Å². The highest BCUT2D eigenvalue weighted by Gasteiger charge is 2.13. The molecule has 5 heteroatoms. The summed E-state index contributed by atoms with van der Waals surface area (Å²) in [6.45, 7) is 0.409. The second-order valence-electron chi connectivity index (χ2n) is 4.18. The van der Waals surface area contributed by atoms with Gasteiger partial charge in [0.1, 0.15) is 6.10 Å². The van der Waals surface area contributed by atoms with E-state index in [0.717, 1.165) is 5.56 Å². The SMILES string of the molecule is COC(CNC(=O)c1ccc(C#N)cc1)c1ccsc1. The van der Waals surface area contributed by atoms with Gasteiger partial charge in [-0.05, 0) is 46.7 Å². The first kappa shape index (κ1) is 14.3. The second-order valence-corrected chi connectivity index (χ2v) is 4.96. The number of hydrogen-bond acceptors (Lipinski definition) is 4. The van der Waals surface area contributed by atoms with Gasteiger partial charge in [0, 0.05) is 19.2 Å². The maximum atomic E-state index is 12.0. The zero-order chi connectivity index (χ0) is 14.4. The van der Waals surface area contributed by atoms with E-state index in [0.29, 0.717) is 17.7 Å². The molecule has 0 radical (unpaired) electrons. The van der Waals surface area contributed by atoms with Crippen molar-refractivity contribution in [2.45, 2.75) is 6.10 Å². The van der Waals surface area contributed by atoms with E-state index >= 15 is 0 Å². The molecule has 0 fully saturated rings. The number of carbonyl (C=O) groups is 1. The molecule has 1 heterocycles. The van der Waals surface area contributed by atoms with Crippen LogP contribution in [0.25, 0.3) is 0 Å². The third kappa shape index (κ3) is 3.44. The van der Waals surface area contributed by atoms with Crippen molar-refractivity contribution in [3.05, 3.63) is 57.8 Å². The van der Waals surface area contributed by atoms with Crippen LogP contribution >= 0.6 is 11.3 Å². The number of thiophene rings is 1. The molecule has 2 aromatic rings. The van der Waals surface area contributed by atoms with Crippen LogP contribution in [0.5, 0.6) is 0 Å². The molecule has 2 rings (SSSR count). The zero-order valence-electron chi connectivity index (χ0n) is 11.0. The number of ether oxygens (including phenoxy) is 1. The van der Waals surface area contributed by atoms with Gasteiger partial charge in [0.05, 0.1) is 11.6 Å². The van der Waals surface area contributed by atoms with Crippen LogP contribution in [-0.4, -0.2) is 19.6 Å². The van der Waals surface area contributed by atoms with Gasteiger partial charge in [-0.3, -0.25) is 4.79 Å². The average molecular weight is 286 g/mol. The van der Waals surface area contributed by atoms with Crippen LogP contribution in [0.4, 0.5) is 0 Å². The molecular formula is C15H14N2O2S. The average Bonchev–Trinajstić information content (AvgIpc) is 3.02. The molecule has 20 heavy (non-hydrogen) atoms. The van der Waals surface area contributed by atoms with Crippen LogP contribution in [0.1, 0.15) is 27.6 Å². The van der Waals surface area contributed by atoms with Crippen LogP contribution in [0.2, 0.25) is 0 Å². The molecule has 1 aromatic carbocycles. The molecule has 1 unspecified atom stereocenters. The molecule has 0 aliphatic heterocycles. The number of nitrogens with zero attached hydrogens (tertiary/aromatic N) is 1. The van der Waals surface area contributed by atoms with E-state index in [9.17, 15) is 4.79 Å². The molecule has 0 aliphatic carbocycles. The molecule has 0 saturated carbocycles. The van der Waals surface area contributed by atoms with Gasteiger partial charge in [0.2, 0.25) is 0 Å². The lowest BCUT2D eigenvalue weighted by Gasteiger charge is -2.15. The minimum Gasteiger partial charge on any atom is -0.375 e. The van der Waals surface area contributed by atoms with Crippen LogP contribution in [0, 0.1) is 11.3 Å². The first-order valence-electron chi connectivity index (χ1n) is 6.08. The summed E-state index contributed by atoms with van der Waals surface area (Å²) in [5, 5.41) is 15.5. The monoisotopic (exact) mass is 286 g/mol. The summed E-state index contributed by atoms with van der Waals surface area (Å²) in [5.74, 6) is -0.174. The summed E-state index contributed by atoms with van der Waals surface area (Å²) in [4.78, 5) is 12.0. The maximum Gasteiger partial charge on any atom is 0.251 e. The Labute approximate surface area is 121 Å². The standard InChI is InChI=1S/C15H14N2O2S/c1-19-14(13-6-7-20-10-13)9-17-15(18)12-4-2-11(8-16)3-5-12/h2-7,10,14H,9H2,1H3,(H,17,18). The molecule has 0 spiro atoms. The van der Waals surface area contributed by atoms with E-state index in [-0.39, 0.29) is 12.0 Å². The molecule has 0 saturated heterocycles. The molecule has 1 atom stereocenters. The fourth-order valence-electron chi connectivity index (χ4n) is 1.78. The maximum absolute atomic E-state index is 12.0. The van der Waals surface area contributed by atoms with E-state index in [2.05, 4.69) is 5.32 Å². The lowest BCUT2D eigenvalue weighted by atomic mass is 10.1. The predicted molar refractivity (Wildman–Crippen MR) is 77.6 cm³/mol. The van der Waals surface area contributed by atoms with E-state index in [1.165, 1.54) is 0 Å². The number of methoxy groups -OCH3 is 1. The normalized spacial score (nSPS) is 11.6. The van der Waals surface area contributed by atoms with E-state index < -0.39 is 0 Å². The van der Waals surface area contributed by atoms with E-state index in [1.807, 2.05) is 22.9 Å². The number of amides is 1. The third-order valence-electron chi connectivity index (χ3n) is 2.92. The molecule has 4 nitrogen and oxygen atoms in total. The summed E-state index contributed by atoms with van der Waals surface area (Å²) in [5.41, 5.74) is 2.12. The Morgan fingerprint density at radius 1 is 1.40 bits per heavy atom. The minimum absolute atomic E-state index is 0.149. The summed E-state index contributed by atoms with van der Waals surface area (Å²) in [6, 6.07) is 10.5. The van der Waals surface area contributed by atoms with Crippen molar-refractivity contribution in [3.8, 4) is 6.07 Å². The highest BCUT2D eigenvalue weighted by molar-refractivity contribution is 7.07. The summed E-state index contributed by atoms with van der Waals surface area (Å²) in [6.07, 6.45) is -0.149. The van der Waals surface area contributed by atoms with Gasteiger partial charge in [-0.15, -0.1) is 0 Å². The Hall–Kier alpha value is -2.16. The van der Waals surface area contributed by atoms with Crippen LogP contribution in [0.3, 0.4) is 0 Å². The molecule has 1 N–H and O–H groups in total. The first-order chi connectivity index (χ1) is 9.74. The lowest BCUT2D eigenvalue weighted by Crippen LogP contribution is -2.28. The Bertz CT molecular complexity index is 600. The largest absolute Gasteiger partial charge is 0.375 e. The van der Waals surface area contributed by atoms with Crippen molar-refractivity contribution < 1.29 is 9.53 Å². The van der Waals surface area contributed by atoms with E-state index in [4.69, 9.17) is 10.00 Å². The predicted octanol–water partition coefficient (Wildman–Crippen LogP) is 2.74. The lowest BCUT2D eigenvalue weighted by molar-refractivity contribution is 0.0829. The number of nitriles is 1. The van der Waals surface area contributed by atoms with Crippen LogP contribution in [0.15, 0.2) is 41.1 Å². The third-order valence-corrected chi connectivity index (χ3v) is 3.63. The van der Waals surface area contributed by atoms with Crippen molar-refractivity contribution in [2.75, 3.05) is 13.7 Å². The smallest absolute Gasteiger partial charge is 0.251 e. The van der Waals surface area contributed by atoms with Crippen molar-refractivity contribution in [1.82, 2.24) is 5.32 Å². The Morgan fingerprint density at radius 2 is 2.15 bits per heavy atom. The molecule has 0 aliphatic rings. The van der Waals surface area contributed by atoms with Crippen molar-refractivity contribution in [2.24, 2.45) is 0 Å². The summed E-state index contributed by atoms with van der Waals surface area (Å²) in [7, 11) is 1.62. The van der Waals surface area contributed by atoms with Gasteiger partial charge in [-0.2, -0.15) is 16.6 Å². The Balaban J connectivity index is 1.95. The molecule has 102 valence electrons. The first-order valence-corrected chi connectivity index (χ1v) is 7.02. The summed E-state index contributed by atoms with van der Waals surface area (Å²) >= 11 is 1.59. The molecule has 1 amide bonds. The topological polar surface area (TPSA) is 62.1 Å². The second kappa shape index (κ2) is 6.85. The molecule has 0 bridgehead atoms. The minimum atomic E-state index is -0.174. The van der Waals surface area contributed by atoms with Gasteiger partial charge >= 0.3 is 0 Å². The number of benzene rings is 1. The van der Waals surface area contributed by atoms with E-state index in [1.54, 1.807) is 42.7 Å². The Kier molecular flexibility index (Phi) is 4.88. The Morgan fingerprint density at radius 3 is 2.70 bits per heavy atom.